The van der Waals surface area contributed by atoms with E-state index in [1.165, 1.54) is 16.7 Å². The number of fused-ring (bicyclic) bond motifs is 1. The van der Waals surface area contributed by atoms with Gasteiger partial charge in [0.15, 0.2) is 0 Å². The molecule has 4 rings (SSSR count). The van der Waals surface area contributed by atoms with Crippen LogP contribution in [0.25, 0.3) is 0 Å². The fraction of sp³-hybridized carbons (Fsp3) is 0.455. The number of halogens is 1. The van der Waals surface area contributed by atoms with Crippen molar-refractivity contribution in [2.75, 3.05) is 33.7 Å². The molecule has 0 aliphatic carbocycles. The Morgan fingerprint density at radius 3 is 2.38 bits per heavy atom. The van der Waals surface area contributed by atoms with Gasteiger partial charge in [-0.05, 0) is 49.8 Å². The molecule has 0 N–H and O–H groups in total. The number of ether oxygens (including phenoxy) is 1. The molecule has 0 amide bonds. The Balaban J connectivity index is 1.71. The Labute approximate surface area is 161 Å². The lowest BCUT2D eigenvalue weighted by atomic mass is 9.84. The third-order valence-corrected chi connectivity index (χ3v) is 6.14. The summed E-state index contributed by atoms with van der Waals surface area (Å²) >= 11 is 6.14. The highest BCUT2D eigenvalue weighted by Gasteiger charge is 2.38. The SMILES string of the molecule is CN1CCC(Oc2cccc3c2CN(C)CC3)(c2ccc(Cl)cc2)CC1. The largest absolute Gasteiger partial charge is 0.482 e. The van der Waals surface area contributed by atoms with E-state index in [4.69, 9.17) is 16.3 Å². The second-order valence-electron chi connectivity index (χ2n) is 7.79. The average molecular weight is 371 g/mol. The smallest absolute Gasteiger partial charge is 0.136 e. The fourth-order valence-electron chi connectivity index (χ4n) is 4.17. The molecule has 1 saturated heterocycles. The number of hydrogen-bond donors (Lipinski definition) is 0. The number of piperidine rings is 1. The van der Waals surface area contributed by atoms with Gasteiger partial charge >= 0.3 is 0 Å². The molecule has 0 bridgehead atoms. The molecule has 1 fully saturated rings. The molecule has 0 spiro atoms. The minimum absolute atomic E-state index is 0.276. The quantitative estimate of drug-likeness (QED) is 0.799. The fourth-order valence-corrected chi connectivity index (χ4v) is 4.30. The van der Waals surface area contributed by atoms with Crippen molar-refractivity contribution in [2.24, 2.45) is 0 Å². The molecular formula is C22H27ClN2O. The van der Waals surface area contributed by atoms with E-state index in [0.717, 1.165) is 56.2 Å². The van der Waals surface area contributed by atoms with E-state index in [-0.39, 0.29) is 5.60 Å². The van der Waals surface area contributed by atoms with E-state index >= 15 is 0 Å². The van der Waals surface area contributed by atoms with Gasteiger partial charge < -0.3 is 14.5 Å². The van der Waals surface area contributed by atoms with Crippen molar-refractivity contribution < 1.29 is 4.74 Å². The first-order valence-electron chi connectivity index (χ1n) is 9.49. The van der Waals surface area contributed by atoms with Crippen LogP contribution in [0, 0.1) is 0 Å². The van der Waals surface area contributed by atoms with Crippen LogP contribution in [0.5, 0.6) is 5.75 Å². The molecule has 2 aromatic rings. The topological polar surface area (TPSA) is 15.7 Å². The van der Waals surface area contributed by atoms with Gasteiger partial charge in [0.2, 0.25) is 0 Å². The molecule has 2 heterocycles. The summed E-state index contributed by atoms with van der Waals surface area (Å²) in [6.45, 7) is 4.15. The molecule has 138 valence electrons. The molecule has 0 atom stereocenters. The third kappa shape index (κ3) is 3.48. The predicted octanol–water partition coefficient (Wildman–Crippen LogP) is 4.33. The van der Waals surface area contributed by atoms with E-state index in [0.29, 0.717) is 0 Å². The van der Waals surface area contributed by atoms with E-state index in [1.807, 2.05) is 12.1 Å². The van der Waals surface area contributed by atoms with Gasteiger partial charge in [0.1, 0.15) is 11.4 Å². The van der Waals surface area contributed by atoms with Gasteiger partial charge in [-0.1, -0.05) is 35.9 Å². The average Bonchev–Trinajstić information content (AvgIpc) is 2.65. The molecule has 2 aliphatic rings. The predicted molar refractivity (Wildman–Crippen MR) is 107 cm³/mol. The van der Waals surface area contributed by atoms with Crippen LogP contribution in [0.3, 0.4) is 0 Å². The van der Waals surface area contributed by atoms with Gasteiger partial charge in [0, 0.05) is 49.6 Å². The number of benzene rings is 2. The number of hydrogen-bond acceptors (Lipinski definition) is 3. The summed E-state index contributed by atoms with van der Waals surface area (Å²) in [7, 11) is 4.37. The van der Waals surface area contributed by atoms with Crippen molar-refractivity contribution in [3.05, 3.63) is 64.2 Å². The normalized spacial score (nSPS) is 20.6. The van der Waals surface area contributed by atoms with Crippen molar-refractivity contribution in [1.82, 2.24) is 9.80 Å². The summed E-state index contributed by atoms with van der Waals surface area (Å²) in [6.07, 6.45) is 3.08. The molecule has 0 radical (unpaired) electrons. The van der Waals surface area contributed by atoms with Gasteiger partial charge in [0.25, 0.3) is 0 Å². The number of nitrogens with zero attached hydrogens (tertiary/aromatic N) is 2. The van der Waals surface area contributed by atoms with Crippen molar-refractivity contribution in [2.45, 2.75) is 31.4 Å². The van der Waals surface area contributed by atoms with Crippen LogP contribution in [0.15, 0.2) is 42.5 Å². The summed E-state index contributed by atoms with van der Waals surface area (Å²) in [5, 5.41) is 0.774. The number of likely N-dealkylation sites (N-methyl/N-ethyl adjacent to an activating group) is 1. The van der Waals surface area contributed by atoms with Crippen LogP contribution in [0.1, 0.15) is 29.5 Å². The minimum atomic E-state index is -0.276. The number of rotatable bonds is 3. The van der Waals surface area contributed by atoms with Crippen molar-refractivity contribution in [3.63, 3.8) is 0 Å². The standard InChI is InChI=1S/C22H27ClN2O/c1-24-14-11-22(12-15-24,18-6-8-19(23)9-7-18)26-21-5-3-4-17-10-13-25(2)16-20(17)21/h3-9H,10-16H2,1-2H3. The van der Waals surface area contributed by atoms with Crippen molar-refractivity contribution >= 4 is 11.6 Å². The zero-order valence-electron chi connectivity index (χ0n) is 15.7. The lowest BCUT2D eigenvalue weighted by molar-refractivity contribution is 0.00230. The Morgan fingerprint density at radius 2 is 1.65 bits per heavy atom. The summed E-state index contributed by atoms with van der Waals surface area (Å²) in [6, 6.07) is 14.8. The van der Waals surface area contributed by atoms with Crippen LogP contribution in [-0.2, 0) is 18.6 Å². The molecular weight excluding hydrogens is 344 g/mol. The summed E-state index contributed by atoms with van der Waals surface area (Å²) < 4.78 is 6.87. The molecule has 26 heavy (non-hydrogen) atoms. The van der Waals surface area contributed by atoms with Gasteiger partial charge in [0.05, 0.1) is 0 Å². The van der Waals surface area contributed by atoms with Gasteiger partial charge in [-0.25, -0.2) is 0 Å². The summed E-state index contributed by atoms with van der Waals surface area (Å²) in [5.74, 6) is 1.05. The molecule has 2 aliphatic heterocycles. The van der Waals surface area contributed by atoms with Gasteiger partial charge in [-0.15, -0.1) is 0 Å². The zero-order chi connectivity index (χ0) is 18.1. The summed E-state index contributed by atoms with van der Waals surface area (Å²) in [4.78, 5) is 4.75. The highest BCUT2D eigenvalue weighted by molar-refractivity contribution is 6.30. The van der Waals surface area contributed by atoms with E-state index < -0.39 is 0 Å². The molecule has 3 nitrogen and oxygen atoms in total. The lowest BCUT2D eigenvalue weighted by Gasteiger charge is -2.42. The first kappa shape index (κ1) is 17.8. The van der Waals surface area contributed by atoms with Crippen LogP contribution in [-0.4, -0.2) is 43.5 Å². The highest BCUT2D eigenvalue weighted by atomic mass is 35.5. The highest BCUT2D eigenvalue weighted by Crippen LogP contribution is 2.40. The van der Waals surface area contributed by atoms with E-state index in [1.54, 1.807) is 0 Å². The number of likely N-dealkylation sites (tertiary alicyclic amines) is 1. The Morgan fingerprint density at radius 1 is 0.923 bits per heavy atom. The molecule has 0 unspecified atom stereocenters. The monoisotopic (exact) mass is 370 g/mol. The molecule has 0 saturated carbocycles. The zero-order valence-corrected chi connectivity index (χ0v) is 16.4. The maximum atomic E-state index is 6.87. The Kier molecular flexibility index (Phi) is 4.96. The van der Waals surface area contributed by atoms with Gasteiger partial charge in [-0.2, -0.15) is 0 Å². The van der Waals surface area contributed by atoms with E-state index in [9.17, 15) is 0 Å². The van der Waals surface area contributed by atoms with Crippen molar-refractivity contribution in [3.8, 4) is 5.75 Å². The third-order valence-electron chi connectivity index (χ3n) is 5.89. The van der Waals surface area contributed by atoms with Crippen LogP contribution in [0.4, 0.5) is 0 Å². The first-order valence-corrected chi connectivity index (χ1v) is 9.86. The van der Waals surface area contributed by atoms with Crippen molar-refractivity contribution in [1.29, 1.82) is 0 Å². The van der Waals surface area contributed by atoms with Crippen LogP contribution in [0.2, 0.25) is 5.02 Å². The minimum Gasteiger partial charge on any atom is -0.482 e. The van der Waals surface area contributed by atoms with Gasteiger partial charge in [-0.3, -0.25) is 0 Å². The second-order valence-corrected chi connectivity index (χ2v) is 8.22. The molecule has 4 heteroatoms. The van der Waals surface area contributed by atoms with E-state index in [2.05, 4.69) is 54.2 Å². The van der Waals surface area contributed by atoms with Crippen LogP contribution < -0.4 is 4.74 Å². The Bertz CT molecular complexity index is 766. The van der Waals surface area contributed by atoms with Crippen LogP contribution >= 0.6 is 11.6 Å². The first-order chi connectivity index (χ1) is 12.6. The second kappa shape index (κ2) is 7.22. The molecule has 0 aromatic heterocycles. The lowest BCUT2D eigenvalue weighted by Crippen LogP contribution is -2.45. The maximum Gasteiger partial charge on any atom is 0.136 e. The summed E-state index contributed by atoms with van der Waals surface area (Å²) in [5.41, 5.74) is 3.74. The molecule has 2 aromatic carbocycles. The Hall–Kier alpha value is -1.55. The maximum absolute atomic E-state index is 6.87.